The van der Waals surface area contributed by atoms with Crippen LogP contribution in [0.4, 0.5) is 8.78 Å². The van der Waals surface area contributed by atoms with Crippen LogP contribution < -0.4 is 4.74 Å². The Bertz CT molecular complexity index is 1190. The van der Waals surface area contributed by atoms with E-state index in [-0.39, 0.29) is 6.10 Å². The van der Waals surface area contributed by atoms with E-state index in [4.69, 9.17) is 4.74 Å². The number of halogens is 3. The molecule has 0 fully saturated rings. The van der Waals surface area contributed by atoms with Crippen LogP contribution in [0.1, 0.15) is 36.8 Å². The zero-order chi connectivity index (χ0) is 20.0. The number of fused-ring (bicyclic) bond motifs is 2. The van der Waals surface area contributed by atoms with Gasteiger partial charge in [-0.15, -0.1) is 0 Å². The van der Waals surface area contributed by atoms with Crippen molar-refractivity contribution in [3.05, 3.63) is 58.6 Å². The topological polar surface area (TPSA) is 68.6 Å². The van der Waals surface area contributed by atoms with E-state index in [2.05, 4.69) is 42.3 Å². The number of hydrogen-bond donors (Lipinski definition) is 1. The van der Waals surface area contributed by atoms with Gasteiger partial charge in [0.2, 0.25) is 0 Å². The van der Waals surface area contributed by atoms with Crippen molar-refractivity contribution >= 4 is 26.8 Å². The van der Waals surface area contributed by atoms with E-state index in [0.29, 0.717) is 21.7 Å². The molecule has 3 heterocycles. The highest BCUT2D eigenvalue weighted by molar-refractivity contribution is 9.10. The average molecular weight is 460 g/mol. The van der Waals surface area contributed by atoms with Gasteiger partial charge >= 0.3 is 6.55 Å². The van der Waals surface area contributed by atoms with Crippen LogP contribution in [0.15, 0.2) is 47.3 Å². The number of H-pyrrole nitrogens is 1. The molecule has 29 heavy (non-hydrogen) atoms. The molecule has 0 spiro atoms. The standard InChI is InChI=1S/C20H16BrF2N5O/c21-13-6-11-2-1-3-17(19(11)24-9-13)29-14-4-5-16-15(7-14)18(27-26-16)12-8-25-28(10-12)20(22)23/h4-10,17,20H,1-3H2,(H,26,27). The molecular formula is C20H16BrF2N5O. The maximum absolute atomic E-state index is 12.9. The smallest absolute Gasteiger partial charge is 0.333 e. The quantitative estimate of drug-likeness (QED) is 0.441. The first-order chi connectivity index (χ1) is 14.1. The molecule has 0 saturated heterocycles. The van der Waals surface area contributed by atoms with Crippen molar-refractivity contribution < 1.29 is 13.5 Å². The summed E-state index contributed by atoms with van der Waals surface area (Å²) in [6.07, 6.45) is 7.24. The summed E-state index contributed by atoms with van der Waals surface area (Å²) < 4.78 is 33.5. The van der Waals surface area contributed by atoms with Gasteiger partial charge in [0.15, 0.2) is 0 Å². The highest BCUT2D eigenvalue weighted by Crippen LogP contribution is 2.35. The summed E-state index contributed by atoms with van der Waals surface area (Å²) in [6, 6.07) is 7.72. The van der Waals surface area contributed by atoms with E-state index in [1.165, 1.54) is 18.0 Å². The van der Waals surface area contributed by atoms with E-state index in [1.807, 2.05) is 18.2 Å². The molecule has 1 N–H and O–H groups in total. The van der Waals surface area contributed by atoms with Crippen LogP contribution in [0, 0.1) is 0 Å². The first-order valence-electron chi connectivity index (χ1n) is 9.20. The summed E-state index contributed by atoms with van der Waals surface area (Å²) in [5.74, 6) is 0.684. The fourth-order valence-corrected chi connectivity index (χ4v) is 4.11. The second-order valence-corrected chi connectivity index (χ2v) is 7.88. The molecule has 1 aromatic carbocycles. The van der Waals surface area contributed by atoms with Crippen LogP contribution in [0.25, 0.3) is 22.2 Å². The molecule has 0 aliphatic heterocycles. The molecule has 0 amide bonds. The van der Waals surface area contributed by atoms with Gasteiger partial charge in [0.1, 0.15) is 17.5 Å². The van der Waals surface area contributed by atoms with Crippen molar-refractivity contribution in [3.63, 3.8) is 0 Å². The summed E-state index contributed by atoms with van der Waals surface area (Å²) in [5, 5.41) is 11.7. The number of aromatic amines is 1. The molecule has 0 bridgehead atoms. The lowest BCUT2D eigenvalue weighted by atomic mass is 9.94. The fourth-order valence-electron chi connectivity index (χ4n) is 3.73. The molecule has 0 radical (unpaired) electrons. The lowest BCUT2D eigenvalue weighted by Gasteiger charge is -2.25. The predicted octanol–water partition coefficient (Wildman–Crippen LogP) is 5.44. The van der Waals surface area contributed by atoms with Crippen LogP contribution in [0.2, 0.25) is 0 Å². The number of benzene rings is 1. The number of nitrogens with one attached hydrogen (secondary N) is 1. The van der Waals surface area contributed by atoms with Crippen LogP contribution in [-0.4, -0.2) is 25.0 Å². The lowest BCUT2D eigenvalue weighted by Crippen LogP contribution is -2.17. The lowest BCUT2D eigenvalue weighted by molar-refractivity contribution is 0.0566. The van der Waals surface area contributed by atoms with Gasteiger partial charge in [0.05, 0.1) is 17.4 Å². The van der Waals surface area contributed by atoms with E-state index >= 15 is 0 Å². The number of pyridine rings is 1. The zero-order valence-corrected chi connectivity index (χ0v) is 16.7. The maximum atomic E-state index is 12.9. The number of nitrogens with zero attached hydrogens (tertiary/aromatic N) is 4. The largest absolute Gasteiger partial charge is 0.484 e. The predicted molar refractivity (Wildman–Crippen MR) is 107 cm³/mol. The van der Waals surface area contributed by atoms with Gasteiger partial charge in [0.25, 0.3) is 0 Å². The average Bonchev–Trinajstić information content (AvgIpc) is 3.34. The third kappa shape index (κ3) is 3.39. The molecule has 4 aromatic rings. The summed E-state index contributed by atoms with van der Waals surface area (Å²) in [5.41, 5.74) is 4.03. The molecule has 148 valence electrons. The number of alkyl halides is 2. The molecule has 1 aliphatic carbocycles. The highest BCUT2D eigenvalue weighted by Gasteiger charge is 2.24. The summed E-state index contributed by atoms with van der Waals surface area (Å²) in [4.78, 5) is 4.56. The van der Waals surface area contributed by atoms with E-state index < -0.39 is 6.55 Å². The number of ether oxygens (including phenoxy) is 1. The molecule has 1 atom stereocenters. The summed E-state index contributed by atoms with van der Waals surface area (Å²) >= 11 is 3.47. The Balaban J connectivity index is 1.48. The number of aromatic nitrogens is 5. The SMILES string of the molecule is FC(F)n1cc(-c2n[nH]c3ccc(OC4CCCc5cc(Br)cnc54)cc23)cn1. The van der Waals surface area contributed by atoms with E-state index in [1.54, 1.807) is 6.20 Å². The third-order valence-corrected chi connectivity index (χ3v) is 5.51. The Morgan fingerprint density at radius 2 is 2.14 bits per heavy atom. The minimum atomic E-state index is -2.69. The molecule has 0 saturated carbocycles. The summed E-state index contributed by atoms with van der Waals surface area (Å²) in [6.45, 7) is -2.69. The molecule has 5 rings (SSSR count). The highest BCUT2D eigenvalue weighted by atomic mass is 79.9. The molecular weight excluding hydrogens is 444 g/mol. The molecule has 3 aromatic heterocycles. The van der Waals surface area contributed by atoms with Crippen molar-refractivity contribution in [2.45, 2.75) is 31.9 Å². The van der Waals surface area contributed by atoms with Gasteiger partial charge in [-0.05, 0) is 65.0 Å². The first kappa shape index (κ1) is 18.2. The Morgan fingerprint density at radius 3 is 2.97 bits per heavy atom. The molecule has 1 aliphatic rings. The molecule has 1 unspecified atom stereocenters. The van der Waals surface area contributed by atoms with Crippen molar-refractivity contribution in [1.29, 1.82) is 0 Å². The van der Waals surface area contributed by atoms with Crippen molar-refractivity contribution in [3.8, 4) is 17.0 Å². The fraction of sp³-hybridized carbons (Fsp3) is 0.250. The minimum absolute atomic E-state index is 0.124. The normalized spacial score (nSPS) is 16.3. The second-order valence-electron chi connectivity index (χ2n) is 6.96. The third-order valence-electron chi connectivity index (χ3n) is 5.07. The Morgan fingerprint density at radius 1 is 1.24 bits per heavy atom. The van der Waals surface area contributed by atoms with E-state index in [9.17, 15) is 8.78 Å². The van der Waals surface area contributed by atoms with Crippen molar-refractivity contribution in [2.75, 3.05) is 0 Å². The van der Waals surface area contributed by atoms with Gasteiger partial charge in [-0.3, -0.25) is 10.1 Å². The van der Waals surface area contributed by atoms with Crippen LogP contribution in [0.5, 0.6) is 5.75 Å². The van der Waals surface area contributed by atoms with Gasteiger partial charge in [-0.2, -0.15) is 19.0 Å². The number of hydrogen-bond acceptors (Lipinski definition) is 4. The molecule has 9 heteroatoms. The Kier molecular flexibility index (Phi) is 4.54. The Labute approximate surface area is 173 Å². The van der Waals surface area contributed by atoms with Crippen LogP contribution >= 0.6 is 15.9 Å². The monoisotopic (exact) mass is 459 g/mol. The van der Waals surface area contributed by atoms with Crippen molar-refractivity contribution in [2.24, 2.45) is 0 Å². The van der Waals surface area contributed by atoms with Gasteiger partial charge in [-0.25, -0.2) is 4.68 Å². The maximum Gasteiger partial charge on any atom is 0.333 e. The minimum Gasteiger partial charge on any atom is -0.484 e. The van der Waals surface area contributed by atoms with Gasteiger partial charge < -0.3 is 4.74 Å². The zero-order valence-electron chi connectivity index (χ0n) is 15.1. The van der Waals surface area contributed by atoms with Crippen LogP contribution in [-0.2, 0) is 6.42 Å². The second kappa shape index (κ2) is 7.22. The summed E-state index contributed by atoms with van der Waals surface area (Å²) in [7, 11) is 0. The van der Waals surface area contributed by atoms with E-state index in [0.717, 1.165) is 40.3 Å². The Hall–Kier alpha value is -2.81. The number of aryl methyl sites for hydroxylation is 1. The van der Waals surface area contributed by atoms with Gasteiger partial charge in [-0.1, -0.05) is 0 Å². The van der Waals surface area contributed by atoms with Crippen molar-refractivity contribution in [1.82, 2.24) is 25.0 Å². The van der Waals surface area contributed by atoms with Crippen LogP contribution in [0.3, 0.4) is 0 Å². The molecule has 6 nitrogen and oxygen atoms in total. The number of rotatable bonds is 4. The first-order valence-corrected chi connectivity index (χ1v) is 9.99. The van der Waals surface area contributed by atoms with Gasteiger partial charge in [0, 0.05) is 27.8 Å².